The molecule has 1 heterocycles. The van der Waals surface area contributed by atoms with E-state index in [1.807, 2.05) is 18.4 Å². The van der Waals surface area contributed by atoms with Gasteiger partial charge in [-0.15, -0.1) is 11.3 Å². The fourth-order valence-electron chi connectivity index (χ4n) is 3.83. The summed E-state index contributed by atoms with van der Waals surface area (Å²) in [6.45, 7) is 0. The van der Waals surface area contributed by atoms with E-state index in [2.05, 4.69) is 5.32 Å². The summed E-state index contributed by atoms with van der Waals surface area (Å²) in [5, 5.41) is 5.30. The number of ether oxygens (including phenoxy) is 1. The van der Waals surface area contributed by atoms with Gasteiger partial charge < -0.3 is 10.1 Å². The maximum Gasteiger partial charge on any atom is 0.113 e. The van der Waals surface area contributed by atoms with E-state index in [1.165, 1.54) is 62.1 Å². The molecule has 0 bridgehead atoms. The van der Waals surface area contributed by atoms with Gasteiger partial charge in [0.25, 0.3) is 0 Å². The number of aryl methyl sites for hydroxylation is 2. The summed E-state index contributed by atoms with van der Waals surface area (Å²) < 4.78 is 5.68. The van der Waals surface area contributed by atoms with Crippen molar-refractivity contribution in [2.75, 3.05) is 7.11 Å². The van der Waals surface area contributed by atoms with Gasteiger partial charge in [-0.1, -0.05) is 0 Å². The molecule has 1 N–H and O–H groups in total. The molecule has 2 saturated carbocycles. The summed E-state index contributed by atoms with van der Waals surface area (Å²) in [5.41, 5.74) is 1.50. The zero-order valence-corrected chi connectivity index (χ0v) is 13.1. The molecule has 3 aliphatic rings. The van der Waals surface area contributed by atoms with Crippen LogP contribution in [0, 0.1) is 0 Å². The van der Waals surface area contributed by atoms with Crippen molar-refractivity contribution >= 4 is 11.3 Å². The highest BCUT2D eigenvalue weighted by atomic mass is 32.1. The zero-order valence-electron chi connectivity index (χ0n) is 12.3. The molecule has 0 saturated heterocycles. The molecule has 2 atom stereocenters. The minimum absolute atomic E-state index is 0.106. The number of fused-ring (bicyclic) bond motifs is 1. The smallest absolute Gasteiger partial charge is 0.113 e. The average Bonchev–Trinajstić information content (AvgIpc) is 3.00. The maximum atomic E-state index is 5.68. The molecule has 3 aliphatic carbocycles. The highest BCUT2D eigenvalue weighted by molar-refractivity contribution is 7.12. The lowest BCUT2D eigenvalue weighted by atomic mass is 9.80. The molecule has 4 heteroatoms. The Hall–Kier alpha value is -0.450. The van der Waals surface area contributed by atoms with Crippen LogP contribution in [-0.4, -0.2) is 24.2 Å². The summed E-state index contributed by atoms with van der Waals surface area (Å²) >= 11 is 1.98. The maximum absolute atomic E-state index is 5.68. The summed E-state index contributed by atoms with van der Waals surface area (Å²) in [4.78, 5) is 6.59. The van der Waals surface area contributed by atoms with Gasteiger partial charge in [0.1, 0.15) is 5.01 Å². The fraction of sp³-hybridized carbons (Fsp3) is 0.812. The Morgan fingerprint density at radius 3 is 2.90 bits per heavy atom. The van der Waals surface area contributed by atoms with Gasteiger partial charge in [-0.3, -0.25) is 0 Å². The van der Waals surface area contributed by atoms with Gasteiger partial charge in [-0.05, 0) is 57.8 Å². The number of rotatable bonds is 4. The number of methoxy groups -OCH3 is 1. The second kappa shape index (κ2) is 5.08. The monoisotopic (exact) mass is 292 g/mol. The Balaban J connectivity index is 1.65. The third-order valence-corrected chi connectivity index (χ3v) is 6.46. The van der Waals surface area contributed by atoms with Crippen molar-refractivity contribution in [3.05, 3.63) is 15.6 Å². The summed E-state index contributed by atoms with van der Waals surface area (Å²) in [6, 6.07) is 0.726. The number of nitrogens with one attached hydrogen (secondary N) is 1. The predicted octanol–water partition coefficient (Wildman–Crippen LogP) is 3.17. The van der Waals surface area contributed by atoms with Crippen LogP contribution in [0.4, 0.5) is 0 Å². The molecule has 2 fully saturated rings. The first kappa shape index (κ1) is 13.2. The molecular formula is C16H24N2OS. The standard InChI is InChI=1S/C16H24N2OS/c1-19-12-4-3-9-16(10-12,18-11-7-8-11)15-17-13-5-2-6-14(13)20-15/h11-12,18H,2-10H2,1H3. The zero-order chi connectivity index (χ0) is 13.6. The van der Waals surface area contributed by atoms with Gasteiger partial charge >= 0.3 is 0 Å². The molecule has 4 rings (SSSR count). The van der Waals surface area contributed by atoms with E-state index >= 15 is 0 Å². The average molecular weight is 292 g/mol. The Labute approximate surface area is 125 Å². The number of thiazole rings is 1. The van der Waals surface area contributed by atoms with E-state index in [0.717, 1.165) is 12.5 Å². The van der Waals surface area contributed by atoms with Crippen molar-refractivity contribution in [3.63, 3.8) is 0 Å². The molecule has 110 valence electrons. The van der Waals surface area contributed by atoms with E-state index < -0.39 is 0 Å². The first-order chi connectivity index (χ1) is 9.79. The molecule has 0 aliphatic heterocycles. The minimum Gasteiger partial charge on any atom is -0.381 e. The topological polar surface area (TPSA) is 34.1 Å². The third kappa shape index (κ3) is 2.32. The Morgan fingerprint density at radius 1 is 1.25 bits per heavy atom. The first-order valence-electron chi connectivity index (χ1n) is 8.09. The predicted molar refractivity (Wildman–Crippen MR) is 81.2 cm³/mol. The number of aromatic nitrogens is 1. The van der Waals surface area contributed by atoms with Crippen LogP contribution in [0.5, 0.6) is 0 Å². The van der Waals surface area contributed by atoms with Crippen molar-refractivity contribution in [2.45, 2.75) is 75.5 Å². The lowest BCUT2D eigenvalue weighted by Gasteiger charge is -2.40. The summed E-state index contributed by atoms with van der Waals surface area (Å²) in [6.07, 6.45) is 11.6. The van der Waals surface area contributed by atoms with E-state index in [0.29, 0.717) is 6.10 Å². The van der Waals surface area contributed by atoms with Gasteiger partial charge in [-0.2, -0.15) is 0 Å². The molecule has 0 aromatic carbocycles. The van der Waals surface area contributed by atoms with E-state index in [1.54, 1.807) is 4.88 Å². The van der Waals surface area contributed by atoms with Crippen LogP contribution < -0.4 is 5.32 Å². The van der Waals surface area contributed by atoms with Crippen LogP contribution in [-0.2, 0) is 23.1 Å². The lowest BCUT2D eigenvalue weighted by molar-refractivity contribution is 0.0284. The van der Waals surface area contributed by atoms with E-state index in [4.69, 9.17) is 9.72 Å². The number of nitrogens with zero attached hydrogens (tertiary/aromatic N) is 1. The minimum atomic E-state index is 0.106. The largest absolute Gasteiger partial charge is 0.381 e. The number of hydrogen-bond donors (Lipinski definition) is 1. The quantitative estimate of drug-likeness (QED) is 0.925. The van der Waals surface area contributed by atoms with Crippen LogP contribution in [0.3, 0.4) is 0 Å². The van der Waals surface area contributed by atoms with Crippen LogP contribution in [0.15, 0.2) is 0 Å². The molecule has 20 heavy (non-hydrogen) atoms. The van der Waals surface area contributed by atoms with Crippen LogP contribution in [0.25, 0.3) is 0 Å². The second-order valence-corrected chi connectivity index (χ2v) is 7.78. The third-order valence-electron chi connectivity index (χ3n) is 5.10. The second-order valence-electron chi connectivity index (χ2n) is 6.70. The molecule has 0 spiro atoms. The van der Waals surface area contributed by atoms with Crippen molar-refractivity contribution in [3.8, 4) is 0 Å². The molecule has 1 aromatic rings. The van der Waals surface area contributed by atoms with Crippen LogP contribution in [0.1, 0.15) is 60.5 Å². The SMILES string of the molecule is COC1CCCC(NC2CC2)(c2nc3c(s2)CCC3)C1. The number of hydrogen-bond acceptors (Lipinski definition) is 4. The Bertz CT molecular complexity index is 475. The van der Waals surface area contributed by atoms with Crippen molar-refractivity contribution < 1.29 is 4.74 Å². The molecule has 3 nitrogen and oxygen atoms in total. The van der Waals surface area contributed by atoms with Gasteiger partial charge in [0.2, 0.25) is 0 Å². The molecular weight excluding hydrogens is 268 g/mol. The van der Waals surface area contributed by atoms with Gasteiger partial charge in [-0.25, -0.2) is 4.98 Å². The Morgan fingerprint density at radius 2 is 2.15 bits per heavy atom. The highest BCUT2D eigenvalue weighted by Gasteiger charge is 2.44. The molecule has 2 unspecified atom stereocenters. The van der Waals surface area contributed by atoms with Crippen molar-refractivity contribution in [1.82, 2.24) is 10.3 Å². The molecule has 0 amide bonds. The first-order valence-corrected chi connectivity index (χ1v) is 8.90. The van der Waals surface area contributed by atoms with Crippen molar-refractivity contribution in [1.29, 1.82) is 0 Å². The Kier molecular flexibility index (Phi) is 3.36. The normalized spacial score (nSPS) is 33.4. The summed E-state index contributed by atoms with van der Waals surface area (Å²) in [5.74, 6) is 0. The fourth-order valence-corrected chi connectivity index (χ4v) is 5.17. The summed E-state index contributed by atoms with van der Waals surface area (Å²) in [7, 11) is 1.86. The van der Waals surface area contributed by atoms with Gasteiger partial charge in [0.15, 0.2) is 0 Å². The van der Waals surface area contributed by atoms with Crippen molar-refractivity contribution in [2.24, 2.45) is 0 Å². The van der Waals surface area contributed by atoms with Gasteiger partial charge in [0, 0.05) is 18.0 Å². The molecule has 1 aromatic heterocycles. The lowest BCUT2D eigenvalue weighted by Crippen LogP contribution is -2.48. The van der Waals surface area contributed by atoms with E-state index in [9.17, 15) is 0 Å². The van der Waals surface area contributed by atoms with Crippen LogP contribution >= 0.6 is 11.3 Å². The highest BCUT2D eigenvalue weighted by Crippen LogP contribution is 2.44. The van der Waals surface area contributed by atoms with Crippen LogP contribution in [0.2, 0.25) is 0 Å². The van der Waals surface area contributed by atoms with E-state index in [-0.39, 0.29) is 5.54 Å². The molecule has 0 radical (unpaired) electrons. The van der Waals surface area contributed by atoms with Gasteiger partial charge in [0.05, 0.1) is 17.3 Å².